The molecule has 0 amide bonds. The molecule has 0 aromatic rings. The van der Waals surface area contributed by atoms with Crippen molar-refractivity contribution in [1.82, 2.24) is 10.0 Å². The van der Waals surface area contributed by atoms with E-state index in [9.17, 15) is 8.42 Å². The van der Waals surface area contributed by atoms with Crippen LogP contribution in [0.2, 0.25) is 0 Å². The predicted octanol–water partition coefficient (Wildman–Crippen LogP) is 0.455. The van der Waals surface area contributed by atoms with E-state index in [4.69, 9.17) is 0 Å². The average molecular weight is 220 g/mol. The molecule has 5 heteroatoms. The molecule has 0 radical (unpaired) electrons. The summed E-state index contributed by atoms with van der Waals surface area (Å²) in [5, 5.41) is 3.35. The summed E-state index contributed by atoms with van der Waals surface area (Å²) in [5.74, 6) is 0.159. The smallest absolute Gasteiger partial charge is 0.211 e. The first-order chi connectivity index (χ1) is 6.44. The Bertz CT molecular complexity index is 277. The van der Waals surface area contributed by atoms with Gasteiger partial charge in [-0.1, -0.05) is 0 Å². The van der Waals surface area contributed by atoms with Crippen molar-refractivity contribution in [2.45, 2.75) is 51.7 Å². The quantitative estimate of drug-likeness (QED) is 0.726. The van der Waals surface area contributed by atoms with E-state index in [-0.39, 0.29) is 17.8 Å². The molecule has 2 N–H and O–H groups in total. The van der Waals surface area contributed by atoms with Crippen molar-refractivity contribution in [2.75, 3.05) is 5.75 Å². The van der Waals surface area contributed by atoms with Crippen molar-refractivity contribution >= 4 is 10.0 Å². The van der Waals surface area contributed by atoms with Crippen LogP contribution < -0.4 is 10.0 Å². The van der Waals surface area contributed by atoms with Gasteiger partial charge in [0.25, 0.3) is 0 Å². The topological polar surface area (TPSA) is 58.2 Å². The number of sulfonamides is 1. The molecule has 4 nitrogen and oxygen atoms in total. The summed E-state index contributed by atoms with van der Waals surface area (Å²) in [6, 6.07) is 0.767. The second kappa shape index (κ2) is 4.59. The van der Waals surface area contributed by atoms with Gasteiger partial charge in [-0.05, 0) is 33.6 Å². The van der Waals surface area contributed by atoms with Crippen molar-refractivity contribution in [3.63, 3.8) is 0 Å². The Kier molecular flexibility index (Phi) is 3.92. The fraction of sp³-hybridized carbons (Fsp3) is 1.00. The van der Waals surface area contributed by atoms with Gasteiger partial charge >= 0.3 is 0 Å². The number of nitrogens with one attached hydrogen (secondary N) is 2. The number of hydrogen-bond acceptors (Lipinski definition) is 3. The van der Waals surface area contributed by atoms with Crippen molar-refractivity contribution in [3.05, 3.63) is 0 Å². The molecule has 1 rings (SSSR count). The van der Waals surface area contributed by atoms with Gasteiger partial charge in [0.2, 0.25) is 10.0 Å². The van der Waals surface area contributed by atoms with Crippen molar-refractivity contribution in [3.8, 4) is 0 Å². The lowest BCUT2D eigenvalue weighted by Crippen LogP contribution is -2.54. The molecule has 0 aromatic heterocycles. The first-order valence-corrected chi connectivity index (χ1v) is 6.86. The van der Waals surface area contributed by atoms with Crippen LogP contribution in [0.25, 0.3) is 0 Å². The Morgan fingerprint density at radius 2 is 2.00 bits per heavy atom. The zero-order valence-electron chi connectivity index (χ0n) is 9.08. The SMILES string of the molecule is CCS(=O)(=O)NC1CCC(C)NC1C. The molecule has 1 saturated heterocycles. The highest BCUT2D eigenvalue weighted by molar-refractivity contribution is 7.89. The molecule has 1 fully saturated rings. The summed E-state index contributed by atoms with van der Waals surface area (Å²) in [6.07, 6.45) is 1.95. The van der Waals surface area contributed by atoms with Crippen LogP contribution in [0.5, 0.6) is 0 Å². The normalized spacial score (nSPS) is 34.4. The van der Waals surface area contributed by atoms with Crippen LogP contribution in [0, 0.1) is 0 Å². The summed E-state index contributed by atoms with van der Waals surface area (Å²) in [5.41, 5.74) is 0. The maximum atomic E-state index is 11.4. The van der Waals surface area contributed by atoms with Gasteiger partial charge in [0.1, 0.15) is 0 Å². The lowest BCUT2D eigenvalue weighted by Gasteiger charge is -2.34. The molecule has 0 aliphatic carbocycles. The van der Waals surface area contributed by atoms with Crippen LogP contribution in [0.3, 0.4) is 0 Å². The third-order valence-electron chi connectivity index (χ3n) is 2.77. The first-order valence-electron chi connectivity index (χ1n) is 5.20. The Hall–Kier alpha value is -0.130. The maximum absolute atomic E-state index is 11.4. The minimum Gasteiger partial charge on any atom is -0.310 e. The van der Waals surface area contributed by atoms with Crippen LogP contribution >= 0.6 is 0 Å². The fourth-order valence-electron chi connectivity index (χ4n) is 1.80. The van der Waals surface area contributed by atoms with Crippen LogP contribution in [0.4, 0.5) is 0 Å². The Morgan fingerprint density at radius 3 is 2.50 bits per heavy atom. The van der Waals surface area contributed by atoms with Gasteiger partial charge in [-0.3, -0.25) is 0 Å². The largest absolute Gasteiger partial charge is 0.310 e. The van der Waals surface area contributed by atoms with Gasteiger partial charge in [0.15, 0.2) is 0 Å². The molecule has 0 bridgehead atoms. The van der Waals surface area contributed by atoms with Crippen molar-refractivity contribution < 1.29 is 8.42 Å². The summed E-state index contributed by atoms with van der Waals surface area (Å²) in [4.78, 5) is 0. The highest BCUT2D eigenvalue weighted by Gasteiger charge is 2.27. The Balaban J connectivity index is 2.54. The van der Waals surface area contributed by atoms with Crippen LogP contribution in [0.1, 0.15) is 33.6 Å². The molecule has 1 aliphatic heterocycles. The third kappa shape index (κ3) is 3.22. The van der Waals surface area contributed by atoms with E-state index in [0.29, 0.717) is 6.04 Å². The molecule has 14 heavy (non-hydrogen) atoms. The van der Waals surface area contributed by atoms with Crippen LogP contribution in [-0.2, 0) is 10.0 Å². The Labute approximate surface area is 86.5 Å². The molecule has 1 aliphatic rings. The number of hydrogen-bond donors (Lipinski definition) is 2. The van der Waals surface area contributed by atoms with Gasteiger partial charge in [0.05, 0.1) is 5.75 Å². The monoisotopic (exact) mass is 220 g/mol. The van der Waals surface area contributed by atoms with E-state index in [1.807, 2.05) is 6.92 Å². The minimum absolute atomic E-state index is 0.0520. The summed E-state index contributed by atoms with van der Waals surface area (Å²) >= 11 is 0. The van der Waals surface area contributed by atoms with E-state index in [1.54, 1.807) is 6.92 Å². The molecule has 0 spiro atoms. The molecule has 84 valence electrons. The zero-order valence-corrected chi connectivity index (χ0v) is 9.89. The van der Waals surface area contributed by atoms with E-state index in [0.717, 1.165) is 12.8 Å². The molecule has 0 saturated carbocycles. The molecule has 0 aromatic carbocycles. The predicted molar refractivity (Wildman–Crippen MR) is 57.7 cm³/mol. The van der Waals surface area contributed by atoms with Crippen LogP contribution in [0.15, 0.2) is 0 Å². The second-order valence-electron chi connectivity index (χ2n) is 4.06. The zero-order chi connectivity index (χ0) is 10.8. The van der Waals surface area contributed by atoms with Gasteiger partial charge in [-0.2, -0.15) is 0 Å². The first kappa shape index (κ1) is 11.9. The standard InChI is InChI=1S/C9H20N2O2S/c1-4-14(12,13)11-9-6-5-7(2)10-8(9)3/h7-11H,4-6H2,1-3H3. The second-order valence-corrected chi connectivity index (χ2v) is 6.10. The van der Waals surface area contributed by atoms with Gasteiger partial charge in [0, 0.05) is 18.1 Å². The summed E-state index contributed by atoms with van der Waals surface area (Å²) in [6.45, 7) is 5.81. The fourth-order valence-corrected chi connectivity index (χ4v) is 2.75. The summed E-state index contributed by atoms with van der Waals surface area (Å²) in [7, 11) is -3.06. The highest BCUT2D eigenvalue weighted by atomic mass is 32.2. The third-order valence-corrected chi connectivity index (χ3v) is 4.19. The molecule has 1 heterocycles. The number of rotatable bonds is 3. The lowest BCUT2D eigenvalue weighted by atomic mass is 9.96. The van der Waals surface area contributed by atoms with E-state index < -0.39 is 10.0 Å². The van der Waals surface area contributed by atoms with Crippen molar-refractivity contribution in [1.29, 1.82) is 0 Å². The van der Waals surface area contributed by atoms with E-state index >= 15 is 0 Å². The number of piperidine rings is 1. The van der Waals surface area contributed by atoms with E-state index in [1.165, 1.54) is 0 Å². The minimum atomic E-state index is -3.06. The summed E-state index contributed by atoms with van der Waals surface area (Å²) < 4.78 is 25.4. The molecular formula is C9H20N2O2S. The molecule has 3 unspecified atom stereocenters. The van der Waals surface area contributed by atoms with Crippen LogP contribution in [-0.4, -0.2) is 32.3 Å². The molecule has 3 atom stereocenters. The average Bonchev–Trinajstić information content (AvgIpc) is 2.10. The van der Waals surface area contributed by atoms with Gasteiger partial charge in [-0.15, -0.1) is 0 Å². The van der Waals surface area contributed by atoms with Crippen molar-refractivity contribution in [2.24, 2.45) is 0 Å². The van der Waals surface area contributed by atoms with Gasteiger partial charge < -0.3 is 5.32 Å². The van der Waals surface area contributed by atoms with Gasteiger partial charge in [-0.25, -0.2) is 13.1 Å². The lowest BCUT2D eigenvalue weighted by molar-refractivity contribution is 0.297. The Morgan fingerprint density at radius 1 is 1.36 bits per heavy atom. The molecular weight excluding hydrogens is 200 g/mol. The van der Waals surface area contributed by atoms with E-state index in [2.05, 4.69) is 17.0 Å². The maximum Gasteiger partial charge on any atom is 0.211 e. The highest BCUT2D eigenvalue weighted by Crippen LogP contribution is 2.13.